The smallest absolute Gasteiger partial charge is 0.406 e. The highest BCUT2D eigenvalue weighted by Crippen LogP contribution is 2.28. The van der Waals surface area contributed by atoms with Crippen molar-refractivity contribution in [2.24, 2.45) is 5.92 Å². The van der Waals surface area contributed by atoms with Crippen LogP contribution in [0, 0.1) is 5.92 Å². The topological polar surface area (TPSA) is 104 Å². The molecular formula is C30H44ClN5O4. The van der Waals surface area contributed by atoms with Gasteiger partial charge in [0.2, 0.25) is 0 Å². The number of alkyl carbamates (subject to hydrolysis) is 1. The van der Waals surface area contributed by atoms with E-state index in [1.807, 2.05) is 61.6 Å². The summed E-state index contributed by atoms with van der Waals surface area (Å²) in [4.78, 5) is 25.1. The van der Waals surface area contributed by atoms with Crippen molar-refractivity contribution in [3.8, 4) is 0 Å². The molecule has 1 aliphatic carbocycles. The number of carbonyl (C=O) groups is 2. The number of likely N-dealkylation sites (N-methyl/N-ethyl adjacent to an activating group) is 1. The highest BCUT2D eigenvalue weighted by Gasteiger charge is 2.24. The number of hydrogen-bond acceptors (Lipinski definition) is 6. The summed E-state index contributed by atoms with van der Waals surface area (Å²) in [7, 11) is 3.24. The van der Waals surface area contributed by atoms with Gasteiger partial charge in [-0.3, -0.25) is 5.43 Å². The lowest BCUT2D eigenvalue weighted by Crippen LogP contribution is -2.51. The second-order valence-electron chi connectivity index (χ2n) is 10.2. The van der Waals surface area contributed by atoms with Crippen LogP contribution in [0.25, 0.3) is 0 Å². The predicted molar refractivity (Wildman–Crippen MR) is 159 cm³/mol. The summed E-state index contributed by atoms with van der Waals surface area (Å²) in [6.45, 7) is 1.65. The molecule has 40 heavy (non-hydrogen) atoms. The maximum atomic E-state index is 13.6. The lowest BCUT2D eigenvalue weighted by Gasteiger charge is -2.31. The molecule has 0 saturated heterocycles. The first-order valence-corrected chi connectivity index (χ1v) is 14.6. The lowest BCUT2D eigenvalue weighted by atomic mass is 9.85. The molecule has 0 bridgehead atoms. The molecule has 0 aromatic heterocycles. The maximum absolute atomic E-state index is 13.6. The zero-order chi connectivity index (χ0) is 28.6. The van der Waals surface area contributed by atoms with Crippen molar-refractivity contribution < 1.29 is 19.1 Å². The van der Waals surface area contributed by atoms with Crippen LogP contribution in [0.1, 0.15) is 56.6 Å². The Bertz CT molecular complexity index is 1020. The van der Waals surface area contributed by atoms with Crippen molar-refractivity contribution >= 4 is 29.4 Å². The molecule has 3 amide bonds. The Morgan fingerprint density at radius 3 is 2.55 bits per heavy atom. The Kier molecular flexibility index (Phi) is 13.9. The number of ether oxygens (including phenoxy) is 2. The molecule has 9 nitrogen and oxygen atoms in total. The molecule has 1 aliphatic rings. The first-order valence-electron chi connectivity index (χ1n) is 14.2. The monoisotopic (exact) mass is 573 g/mol. The number of nitrogens with zero attached hydrogens (tertiary/aromatic N) is 1. The van der Waals surface area contributed by atoms with E-state index in [2.05, 4.69) is 26.1 Å². The van der Waals surface area contributed by atoms with Gasteiger partial charge >= 0.3 is 12.1 Å². The molecule has 3 rings (SSSR count). The number of hydrogen-bond donors (Lipinski definition) is 4. The SMILES string of the molecule is CNC[C@H](CC1CCCCC1)NC(=O)N(CC[C@@H](OCCNC(=O)OC)c1cccc(Cl)c1)Nc1ccccc1. The first kappa shape index (κ1) is 31.5. The molecule has 0 radical (unpaired) electrons. The number of para-hydroxylation sites is 1. The van der Waals surface area contributed by atoms with Crippen LogP contribution in [-0.4, -0.2) is 63.6 Å². The zero-order valence-electron chi connectivity index (χ0n) is 23.7. The van der Waals surface area contributed by atoms with Crippen molar-refractivity contribution in [2.45, 2.75) is 57.1 Å². The van der Waals surface area contributed by atoms with Gasteiger partial charge in [-0.05, 0) is 55.6 Å². The number of benzene rings is 2. The number of urea groups is 1. The fourth-order valence-electron chi connectivity index (χ4n) is 5.12. The van der Waals surface area contributed by atoms with Crippen LogP contribution in [0.3, 0.4) is 0 Å². The minimum atomic E-state index is -0.512. The molecular weight excluding hydrogens is 530 g/mol. The van der Waals surface area contributed by atoms with Gasteiger partial charge in [0.25, 0.3) is 0 Å². The Morgan fingerprint density at radius 1 is 1.07 bits per heavy atom. The van der Waals surface area contributed by atoms with E-state index in [9.17, 15) is 9.59 Å². The van der Waals surface area contributed by atoms with Gasteiger partial charge in [-0.1, -0.05) is 74.0 Å². The first-order chi connectivity index (χ1) is 19.5. The Morgan fingerprint density at radius 2 is 1.85 bits per heavy atom. The largest absolute Gasteiger partial charge is 0.453 e. The number of nitrogens with one attached hydrogen (secondary N) is 4. The molecule has 1 fully saturated rings. The van der Waals surface area contributed by atoms with E-state index in [1.54, 1.807) is 5.01 Å². The summed E-state index contributed by atoms with van der Waals surface area (Å²) < 4.78 is 10.8. The van der Waals surface area contributed by atoms with Crippen LogP contribution >= 0.6 is 11.6 Å². The average Bonchev–Trinajstić information content (AvgIpc) is 2.97. The zero-order valence-corrected chi connectivity index (χ0v) is 24.4. The molecule has 2 atom stereocenters. The lowest BCUT2D eigenvalue weighted by molar-refractivity contribution is 0.0438. The molecule has 2 aromatic carbocycles. The van der Waals surface area contributed by atoms with Crippen LogP contribution in [0.5, 0.6) is 0 Å². The van der Waals surface area contributed by atoms with Gasteiger partial charge in [-0.15, -0.1) is 0 Å². The van der Waals surface area contributed by atoms with E-state index in [-0.39, 0.29) is 24.8 Å². The molecule has 0 spiro atoms. The minimum Gasteiger partial charge on any atom is -0.453 e. The third-order valence-electron chi connectivity index (χ3n) is 7.11. The van der Waals surface area contributed by atoms with Crippen molar-refractivity contribution in [2.75, 3.05) is 45.8 Å². The maximum Gasteiger partial charge on any atom is 0.406 e. The van der Waals surface area contributed by atoms with Crippen molar-refractivity contribution in [3.05, 3.63) is 65.2 Å². The van der Waals surface area contributed by atoms with Gasteiger partial charge in [0, 0.05) is 30.7 Å². The number of anilines is 1. The summed E-state index contributed by atoms with van der Waals surface area (Å²) in [6, 6.07) is 17.0. The van der Waals surface area contributed by atoms with Crippen molar-refractivity contribution in [3.63, 3.8) is 0 Å². The normalized spacial score (nSPS) is 15.1. The molecule has 1 saturated carbocycles. The average molecular weight is 574 g/mol. The summed E-state index contributed by atoms with van der Waals surface area (Å²) in [5.41, 5.74) is 5.00. The van der Waals surface area contributed by atoms with E-state index >= 15 is 0 Å². The van der Waals surface area contributed by atoms with Crippen LogP contribution < -0.4 is 21.4 Å². The predicted octanol–water partition coefficient (Wildman–Crippen LogP) is 5.74. The van der Waals surface area contributed by atoms with Gasteiger partial charge < -0.3 is 25.4 Å². The van der Waals surface area contributed by atoms with Gasteiger partial charge in [0.1, 0.15) is 0 Å². The van der Waals surface area contributed by atoms with E-state index in [0.29, 0.717) is 37.0 Å². The van der Waals surface area contributed by atoms with E-state index in [0.717, 1.165) is 17.7 Å². The summed E-state index contributed by atoms with van der Waals surface area (Å²) in [6.07, 6.45) is 6.92. The number of carbonyl (C=O) groups excluding carboxylic acids is 2. The summed E-state index contributed by atoms with van der Waals surface area (Å²) in [5.74, 6) is 0.641. The molecule has 0 heterocycles. The second-order valence-corrected chi connectivity index (χ2v) is 10.6. The van der Waals surface area contributed by atoms with Gasteiger partial charge in [-0.25, -0.2) is 14.6 Å². The van der Waals surface area contributed by atoms with Crippen LogP contribution in [0.2, 0.25) is 5.02 Å². The van der Waals surface area contributed by atoms with Gasteiger partial charge in [0.15, 0.2) is 0 Å². The van der Waals surface area contributed by atoms with E-state index in [4.69, 9.17) is 16.3 Å². The highest BCUT2D eigenvalue weighted by molar-refractivity contribution is 6.30. The van der Waals surface area contributed by atoms with Crippen molar-refractivity contribution in [1.82, 2.24) is 21.0 Å². The van der Waals surface area contributed by atoms with Gasteiger partial charge in [0.05, 0.1) is 25.5 Å². The Labute approximate surface area is 243 Å². The molecule has 0 aliphatic heterocycles. The van der Waals surface area contributed by atoms with E-state index < -0.39 is 6.09 Å². The quantitative estimate of drug-likeness (QED) is 0.160. The number of methoxy groups -OCH3 is 1. The number of rotatable bonds is 15. The Hall–Kier alpha value is -3.01. The number of amides is 3. The Balaban J connectivity index is 1.70. The summed E-state index contributed by atoms with van der Waals surface area (Å²) in [5, 5.41) is 11.4. The number of halogens is 1. The van der Waals surface area contributed by atoms with Crippen LogP contribution in [0.15, 0.2) is 54.6 Å². The number of hydrazine groups is 1. The fourth-order valence-corrected chi connectivity index (χ4v) is 5.32. The molecule has 220 valence electrons. The highest BCUT2D eigenvalue weighted by atomic mass is 35.5. The van der Waals surface area contributed by atoms with Crippen LogP contribution in [-0.2, 0) is 9.47 Å². The fraction of sp³-hybridized carbons (Fsp3) is 0.533. The second kappa shape index (κ2) is 17.6. The van der Waals surface area contributed by atoms with Crippen LogP contribution in [0.4, 0.5) is 15.3 Å². The minimum absolute atomic E-state index is 0.0325. The molecule has 2 aromatic rings. The van der Waals surface area contributed by atoms with Gasteiger partial charge in [-0.2, -0.15) is 0 Å². The molecule has 4 N–H and O–H groups in total. The third kappa shape index (κ3) is 11.2. The van der Waals surface area contributed by atoms with Crippen molar-refractivity contribution in [1.29, 1.82) is 0 Å². The summed E-state index contributed by atoms with van der Waals surface area (Å²) >= 11 is 6.28. The van der Waals surface area contributed by atoms with E-state index in [1.165, 1.54) is 39.2 Å². The molecule has 0 unspecified atom stereocenters. The third-order valence-corrected chi connectivity index (χ3v) is 7.35. The molecule has 10 heteroatoms. The standard InChI is InChI=1S/C30H44ClN5O4/c1-32-22-27(20-23-10-5-3-6-11-23)34-29(37)36(35-26-14-7-4-8-15-26)18-16-28(24-12-9-13-25(31)21-24)40-19-17-33-30(38)39-2/h4,7-9,12-15,21,23,27-28,32,35H,3,5-6,10-11,16-20,22H2,1-2H3,(H,33,38)(H,34,37)/t27-,28+/m0/s1.